The Morgan fingerprint density at radius 1 is 1.18 bits per heavy atom. The molecule has 0 aliphatic heterocycles. The van der Waals surface area contributed by atoms with Crippen molar-refractivity contribution in [1.82, 2.24) is 0 Å². The van der Waals surface area contributed by atoms with Crippen molar-refractivity contribution >= 4 is 5.97 Å². The van der Waals surface area contributed by atoms with Crippen molar-refractivity contribution < 1.29 is 19.7 Å². The van der Waals surface area contributed by atoms with Gasteiger partial charge in [0.25, 0.3) is 0 Å². The highest BCUT2D eigenvalue weighted by molar-refractivity contribution is 5.87. The molecule has 2 rings (SSSR count). The fourth-order valence-corrected chi connectivity index (χ4v) is 2.66. The zero-order valence-corrected chi connectivity index (χ0v) is 13.4. The Morgan fingerprint density at radius 3 is 2.23 bits per heavy atom. The normalized spacial score (nSPS) is 22.0. The average Bonchev–Trinajstić information content (AvgIpc) is 2.47. The Labute approximate surface area is 130 Å². The van der Waals surface area contributed by atoms with Crippen LogP contribution in [0.25, 0.3) is 0 Å². The van der Waals surface area contributed by atoms with Gasteiger partial charge in [-0.3, -0.25) is 0 Å². The number of carbonyl (C=O) groups is 1. The second-order valence-electron chi connectivity index (χ2n) is 6.58. The van der Waals surface area contributed by atoms with Gasteiger partial charge < -0.3 is 14.9 Å². The Bertz CT molecular complexity index is 632. The van der Waals surface area contributed by atoms with Crippen LogP contribution in [0.5, 0.6) is 0 Å². The topological polar surface area (TPSA) is 66.8 Å². The number of rotatable bonds is 3. The van der Waals surface area contributed by atoms with Crippen molar-refractivity contribution in [2.24, 2.45) is 0 Å². The molecule has 4 heteroatoms. The third-order valence-corrected chi connectivity index (χ3v) is 4.14. The van der Waals surface area contributed by atoms with Crippen LogP contribution in [-0.2, 0) is 20.5 Å². The van der Waals surface area contributed by atoms with E-state index < -0.39 is 11.6 Å². The van der Waals surface area contributed by atoms with Crippen LogP contribution in [0, 0.1) is 0 Å². The minimum Gasteiger partial charge on any atom is -0.509 e. The second kappa shape index (κ2) is 5.61. The first-order valence-electron chi connectivity index (χ1n) is 7.20. The highest BCUT2D eigenvalue weighted by Crippen LogP contribution is 2.41. The maximum atomic E-state index is 11.2. The van der Waals surface area contributed by atoms with E-state index in [1.165, 1.54) is 19.3 Å². The largest absolute Gasteiger partial charge is 0.509 e. The number of aliphatic carboxylic acids is 1. The van der Waals surface area contributed by atoms with Crippen molar-refractivity contribution in [1.29, 1.82) is 0 Å². The number of aliphatic hydroxyl groups is 1. The first-order valence-corrected chi connectivity index (χ1v) is 7.20. The van der Waals surface area contributed by atoms with E-state index >= 15 is 0 Å². The summed E-state index contributed by atoms with van der Waals surface area (Å²) < 4.78 is 5.56. The predicted octanol–water partition coefficient (Wildman–Crippen LogP) is 3.68. The fraction of sp³-hybridized carbons (Fsp3) is 0.389. The molecule has 1 aliphatic carbocycles. The molecule has 0 saturated carbocycles. The van der Waals surface area contributed by atoms with Crippen LogP contribution >= 0.6 is 0 Å². The van der Waals surface area contributed by atoms with Crippen molar-refractivity contribution in [2.75, 3.05) is 7.11 Å². The van der Waals surface area contributed by atoms with Crippen LogP contribution in [-0.4, -0.2) is 23.3 Å². The summed E-state index contributed by atoms with van der Waals surface area (Å²) in [5.74, 6) is -0.986. The Kier molecular flexibility index (Phi) is 4.16. The molecule has 0 heterocycles. The molecule has 0 bridgehead atoms. The van der Waals surface area contributed by atoms with Gasteiger partial charge in [0.15, 0.2) is 5.60 Å². The summed E-state index contributed by atoms with van der Waals surface area (Å²) in [6.45, 7) is 6.37. The van der Waals surface area contributed by atoms with Gasteiger partial charge in [-0.2, -0.15) is 0 Å². The maximum Gasteiger partial charge on any atom is 0.331 e. The van der Waals surface area contributed by atoms with Crippen LogP contribution < -0.4 is 0 Å². The molecule has 118 valence electrons. The number of methoxy groups -OCH3 is 1. The summed E-state index contributed by atoms with van der Waals surface area (Å²) in [5, 5.41) is 19.5. The summed E-state index contributed by atoms with van der Waals surface area (Å²) in [6.07, 6.45) is 2.91. The molecule has 4 nitrogen and oxygen atoms in total. The Hall–Kier alpha value is -2.07. The Balaban J connectivity index is 2.46. The summed E-state index contributed by atoms with van der Waals surface area (Å²) in [6, 6.07) is 7.75. The molecule has 1 atom stereocenters. The van der Waals surface area contributed by atoms with Gasteiger partial charge in [-0.15, -0.1) is 0 Å². The third-order valence-electron chi connectivity index (χ3n) is 4.14. The average molecular weight is 302 g/mol. The molecule has 1 aliphatic rings. The van der Waals surface area contributed by atoms with Crippen molar-refractivity contribution in [3.8, 4) is 0 Å². The first-order chi connectivity index (χ1) is 10.2. The summed E-state index contributed by atoms with van der Waals surface area (Å²) in [7, 11) is 1.48. The zero-order chi connectivity index (χ0) is 16.5. The quantitative estimate of drug-likeness (QED) is 0.893. The van der Waals surface area contributed by atoms with E-state index in [1.54, 1.807) is 0 Å². The van der Waals surface area contributed by atoms with Crippen LogP contribution in [0.1, 0.15) is 38.3 Å². The number of carboxylic acids is 1. The highest BCUT2D eigenvalue weighted by Gasteiger charge is 2.41. The number of allylic oxidation sites excluding steroid dienone is 2. The van der Waals surface area contributed by atoms with Crippen LogP contribution in [0.15, 0.2) is 47.7 Å². The number of aliphatic hydroxyl groups excluding tert-OH is 1. The zero-order valence-electron chi connectivity index (χ0n) is 13.4. The van der Waals surface area contributed by atoms with Gasteiger partial charge in [0, 0.05) is 19.1 Å². The van der Waals surface area contributed by atoms with Gasteiger partial charge in [0.2, 0.25) is 0 Å². The molecule has 1 unspecified atom stereocenters. The smallest absolute Gasteiger partial charge is 0.331 e. The molecule has 1 aromatic carbocycles. The fourth-order valence-electron chi connectivity index (χ4n) is 2.66. The number of hydrogen-bond acceptors (Lipinski definition) is 3. The summed E-state index contributed by atoms with van der Waals surface area (Å²) >= 11 is 0. The van der Waals surface area contributed by atoms with E-state index in [4.69, 9.17) is 4.74 Å². The first kappa shape index (κ1) is 16.3. The van der Waals surface area contributed by atoms with E-state index in [-0.39, 0.29) is 23.2 Å². The van der Waals surface area contributed by atoms with Gasteiger partial charge >= 0.3 is 5.97 Å². The van der Waals surface area contributed by atoms with Crippen molar-refractivity contribution in [3.63, 3.8) is 0 Å². The lowest BCUT2D eigenvalue weighted by Crippen LogP contribution is -2.34. The number of hydrogen-bond donors (Lipinski definition) is 2. The van der Waals surface area contributed by atoms with Crippen molar-refractivity contribution in [2.45, 2.75) is 38.2 Å². The van der Waals surface area contributed by atoms with Crippen molar-refractivity contribution in [3.05, 3.63) is 58.9 Å². The molecule has 0 radical (unpaired) electrons. The van der Waals surface area contributed by atoms with E-state index in [0.717, 1.165) is 11.1 Å². The standard InChI is InChI=1S/C18H22O4/c1-17(2,3)13-6-8-14(9-7-13)18(22-4)11-12(16(20)21)5-10-15(18)19/h5-10,19H,11H2,1-4H3,(H,20,21). The SMILES string of the molecule is COC1(c2ccc(C(C)(C)C)cc2)CC(C(=O)O)=CC=C1O. The second-order valence-corrected chi connectivity index (χ2v) is 6.58. The summed E-state index contributed by atoms with van der Waals surface area (Å²) in [5.41, 5.74) is 0.993. The Morgan fingerprint density at radius 2 is 1.77 bits per heavy atom. The minimum absolute atomic E-state index is 0.0171. The third kappa shape index (κ3) is 2.79. The monoisotopic (exact) mass is 302 g/mol. The lowest BCUT2D eigenvalue weighted by Gasteiger charge is -2.35. The number of carboxylic acid groups (broad SMARTS) is 1. The molecule has 0 aromatic heterocycles. The van der Waals surface area contributed by atoms with E-state index in [2.05, 4.69) is 20.8 Å². The van der Waals surface area contributed by atoms with Gasteiger partial charge in [0.1, 0.15) is 5.76 Å². The molecular formula is C18H22O4. The predicted molar refractivity (Wildman–Crippen MR) is 84.9 cm³/mol. The molecular weight excluding hydrogens is 280 g/mol. The van der Waals surface area contributed by atoms with Gasteiger partial charge in [-0.25, -0.2) is 4.79 Å². The number of ether oxygens (including phenoxy) is 1. The lowest BCUT2D eigenvalue weighted by atomic mass is 9.80. The molecule has 22 heavy (non-hydrogen) atoms. The molecule has 0 spiro atoms. The van der Waals surface area contributed by atoms with E-state index in [0.29, 0.717) is 0 Å². The lowest BCUT2D eigenvalue weighted by molar-refractivity contribution is -0.133. The molecule has 0 amide bonds. The van der Waals surface area contributed by atoms with Crippen LogP contribution in [0.2, 0.25) is 0 Å². The minimum atomic E-state index is -1.14. The summed E-state index contributed by atoms with van der Waals surface area (Å²) in [4.78, 5) is 11.2. The molecule has 0 fully saturated rings. The molecule has 2 N–H and O–H groups in total. The molecule has 1 aromatic rings. The molecule has 0 saturated heterocycles. The maximum absolute atomic E-state index is 11.2. The van der Waals surface area contributed by atoms with Crippen LogP contribution in [0.4, 0.5) is 0 Å². The van der Waals surface area contributed by atoms with Gasteiger partial charge in [0.05, 0.1) is 0 Å². The van der Waals surface area contributed by atoms with E-state index in [9.17, 15) is 15.0 Å². The van der Waals surface area contributed by atoms with Gasteiger partial charge in [-0.05, 0) is 28.7 Å². The van der Waals surface area contributed by atoms with Crippen LogP contribution in [0.3, 0.4) is 0 Å². The highest BCUT2D eigenvalue weighted by atomic mass is 16.5. The number of benzene rings is 1. The van der Waals surface area contributed by atoms with E-state index in [1.807, 2.05) is 24.3 Å². The van der Waals surface area contributed by atoms with Gasteiger partial charge in [-0.1, -0.05) is 45.0 Å².